The molecule has 1 aliphatic heterocycles. The molecular formula is C15H16F3N3. The molecule has 0 bridgehead atoms. The van der Waals surface area contributed by atoms with Gasteiger partial charge in [-0.15, -0.1) is 0 Å². The van der Waals surface area contributed by atoms with E-state index < -0.39 is 12.6 Å². The SMILES string of the molecule is FC(F)(F)Cc1cccc(-n2ccc(N3CCCC3)n2)c1. The lowest BCUT2D eigenvalue weighted by molar-refractivity contribution is -0.127. The van der Waals surface area contributed by atoms with Crippen LogP contribution in [0.3, 0.4) is 0 Å². The van der Waals surface area contributed by atoms with Gasteiger partial charge < -0.3 is 4.90 Å². The summed E-state index contributed by atoms with van der Waals surface area (Å²) in [7, 11) is 0. The second kappa shape index (κ2) is 5.42. The van der Waals surface area contributed by atoms with Crippen LogP contribution in [-0.4, -0.2) is 29.0 Å². The number of halogens is 3. The lowest BCUT2D eigenvalue weighted by Crippen LogP contribution is -2.18. The van der Waals surface area contributed by atoms with Crippen LogP contribution < -0.4 is 4.90 Å². The van der Waals surface area contributed by atoms with Gasteiger partial charge in [-0.2, -0.15) is 18.3 Å². The minimum Gasteiger partial charge on any atom is -0.355 e. The summed E-state index contributed by atoms with van der Waals surface area (Å²) in [6.07, 6.45) is -0.993. The van der Waals surface area contributed by atoms with Gasteiger partial charge in [-0.3, -0.25) is 0 Å². The summed E-state index contributed by atoms with van der Waals surface area (Å²) in [6, 6.07) is 8.33. The highest BCUT2D eigenvalue weighted by Crippen LogP contribution is 2.23. The van der Waals surface area contributed by atoms with E-state index in [2.05, 4.69) is 10.00 Å². The Bertz CT molecular complexity index is 613. The molecule has 3 rings (SSSR count). The third kappa shape index (κ3) is 3.37. The number of rotatable bonds is 3. The Labute approximate surface area is 121 Å². The molecule has 3 nitrogen and oxygen atoms in total. The van der Waals surface area contributed by atoms with Crippen molar-refractivity contribution in [2.75, 3.05) is 18.0 Å². The Hall–Kier alpha value is -1.98. The summed E-state index contributed by atoms with van der Waals surface area (Å²) in [4.78, 5) is 2.19. The van der Waals surface area contributed by atoms with E-state index >= 15 is 0 Å². The van der Waals surface area contributed by atoms with Crippen LogP contribution in [0.4, 0.5) is 19.0 Å². The number of nitrogens with zero attached hydrogens (tertiary/aromatic N) is 3. The molecule has 0 unspecified atom stereocenters. The first kappa shape index (κ1) is 14.0. The minimum absolute atomic E-state index is 0.248. The second-order valence-corrected chi connectivity index (χ2v) is 5.27. The van der Waals surface area contributed by atoms with Gasteiger partial charge in [-0.1, -0.05) is 12.1 Å². The summed E-state index contributed by atoms with van der Waals surface area (Å²) in [5.41, 5.74) is 0.903. The van der Waals surface area contributed by atoms with Gasteiger partial charge in [-0.05, 0) is 30.5 Å². The zero-order valence-corrected chi connectivity index (χ0v) is 11.5. The van der Waals surface area contributed by atoms with Crippen LogP contribution in [-0.2, 0) is 6.42 Å². The van der Waals surface area contributed by atoms with Crippen molar-refractivity contribution in [2.45, 2.75) is 25.4 Å². The van der Waals surface area contributed by atoms with Crippen molar-refractivity contribution in [1.29, 1.82) is 0 Å². The van der Waals surface area contributed by atoms with Gasteiger partial charge in [0.1, 0.15) is 0 Å². The van der Waals surface area contributed by atoms with Gasteiger partial charge in [0.15, 0.2) is 5.82 Å². The molecule has 1 aliphatic rings. The molecule has 1 saturated heterocycles. The summed E-state index contributed by atoms with van der Waals surface area (Å²) < 4.78 is 39.0. The van der Waals surface area contributed by atoms with E-state index in [0.717, 1.165) is 31.7 Å². The molecule has 2 heterocycles. The first-order valence-corrected chi connectivity index (χ1v) is 6.98. The third-order valence-corrected chi connectivity index (χ3v) is 3.58. The van der Waals surface area contributed by atoms with E-state index in [1.54, 1.807) is 23.0 Å². The fourth-order valence-corrected chi connectivity index (χ4v) is 2.61. The van der Waals surface area contributed by atoms with E-state index in [0.29, 0.717) is 5.69 Å². The van der Waals surface area contributed by atoms with Crippen LogP contribution in [0.5, 0.6) is 0 Å². The Balaban J connectivity index is 1.81. The monoisotopic (exact) mass is 295 g/mol. The number of anilines is 1. The number of hydrogen-bond acceptors (Lipinski definition) is 2. The lowest BCUT2D eigenvalue weighted by Gasteiger charge is -2.13. The van der Waals surface area contributed by atoms with Gasteiger partial charge in [0.05, 0.1) is 12.1 Å². The number of benzene rings is 1. The van der Waals surface area contributed by atoms with Crippen molar-refractivity contribution in [3.63, 3.8) is 0 Å². The zero-order valence-electron chi connectivity index (χ0n) is 11.5. The zero-order chi connectivity index (χ0) is 14.9. The van der Waals surface area contributed by atoms with Crippen molar-refractivity contribution >= 4 is 5.82 Å². The molecule has 2 aromatic rings. The summed E-state index contributed by atoms with van der Waals surface area (Å²) in [5.74, 6) is 0.883. The first-order chi connectivity index (χ1) is 10.0. The van der Waals surface area contributed by atoms with Crippen molar-refractivity contribution in [1.82, 2.24) is 9.78 Å². The van der Waals surface area contributed by atoms with Crippen LogP contribution in [0.25, 0.3) is 5.69 Å². The van der Waals surface area contributed by atoms with E-state index in [-0.39, 0.29) is 5.56 Å². The standard InChI is InChI=1S/C15H16F3N3/c16-15(17,18)11-12-4-3-5-13(10-12)21-9-6-14(19-21)20-7-1-2-8-20/h3-6,9-10H,1-2,7-8,11H2. The van der Waals surface area contributed by atoms with Crippen molar-refractivity contribution in [3.05, 3.63) is 42.1 Å². The fourth-order valence-electron chi connectivity index (χ4n) is 2.61. The number of alkyl halides is 3. The van der Waals surface area contributed by atoms with Crippen molar-refractivity contribution in [2.24, 2.45) is 0 Å². The second-order valence-electron chi connectivity index (χ2n) is 5.27. The predicted molar refractivity (Wildman–Crippen MR) is 74.8 cm³/mol. The normalized spacial score (nSPS) is 15.7. The molecule has 6 heteroatoms. The molecule has 0 amide bonds. The third-order valence-electron chi connectivity index (χ3n) is 3.58. The Morgan fingerprint density at radius 3 is 2.57 bits per heavy atom. The van der Waals surface area contributed by atoms with E-state index in [4.69, 9.17) is 0 Å². The quantitative estimate of drug-likeness (QED) is 0.863. The topological polar surface area (TPSA) is 21.1 Å². The first-order valence-electron chi connectivity index (χ1n) is 6.98. The largest absolute Gasteiger partial charge is 0.393 e. The summed E-state index contributed by atoms with van der Waals surface area (Å²) in [6.45, 7) is 1.98. The maximum Gasteiger partial charge on any atom is 0.393 e. The van der Waals surface area contributed by atoms with Crippen molar-refractivity contribution < 1.29 is 13.2 Å². The molecule has 1 aromatic heterocycles. The van der Waals surface area contributed by atoms with Gasteiger partial charge in [0.25, 0.3) is 0 Å². The van der Waals surface area contributed by atoms with Gasteiger partial charge >= 0.3 is 6.18 Å². The molecule has 112 valence electrons. The van der Waals surface area contributed by atoms with E-state index in [9.17, 15) is 13.2 Å². The molecule has 1 fully saturated rings. The number of aromatic nitrogens is 2. The molecular weight excluding hydrogens is 279 g/mol. The van der Waals surface area contributed by atoms with Crippen molar-refractivity contribution in [3.8, 4) is 5.69 Å². The number of hydrogen-bond donors (Lipinski definition) is 0. The molecule has 0 spiro atoms. The Morgan fingerprint density at radius 2 is 1.86 bits per heavy atom. The fraction of sp³-hybridized carbons (Fsp3) is 0.400. The smallest absolute Gasteiger partial charge is 0.355 e. The molecule has 0 N–H and O–H groups in total. The molecule has 0 saturated carbocycles. The highest BCUT2D eigenvalue weighted by atomic mass is 19.4. The molecule has 1 aromatic carbocycles. The maximum atomic E-state index is 12.5. The predicted octanol–water partition coefficient (Wildman–Crippen LogP) is 3.58. The van der Waals surface area contributed by atoms with Crippen LogP contribution in [0.15, 0.2) is 36.5 Å². The summed E-state index contributed by atoms with van der Waals surface area (Å²) in [5, 5.41) is 4.46. The van der Waals surface area contributed by atoms with Crippen LogP contribution in [0.2, 0.25) is 0 Å². The van der Waals surface area contributed by atoms with Gasteiger partial charge in [0.2, 0.25) is 0 Å². The highest BCUT2D eigenvalue weighted by molar-refractivity contribution is 5.42. The van der Waals surface area contributed by atoms with Gasteiger partial charge in [-0.25, -0.2) is 4.68 Å². The van der Waals surface area contributed by atoms with Crippen LogP contribution >= 0.6 is 0 Å². The lowest BCUT2D eigenvalue weighted by atomic mass is 10.1. The van der Waals surface area contributed by atoms with Crippen LogP contribution in [0, 0.1) is 0 Å². The molecule has 0 aliphatic carbocycles. The maximum absolute atomic E-state index is 12.5. The average molecular weight is 295 g/mol. The Kier molecular flexibility index (Phi) is 3.61. The van der Waals surface area contributed by atoms with Gasteiger partial charge in [0, 0.05) is 25.4 Å². The van der Waals surface area contributed by atoms with E-state index in [1.807, 2.05) is 6.07 Å². The Morgan fingerprint density at radius 1 is 1.10 bits per heavy atom. The molecule has 0 radical (unpaired) electrons. The van der Waals surface area contributed by atoms with E-state index in [1.165, 1.54) is 12.1 Å². The minimum atomic E-state index is -4.19. The highest BCUT2D eigenvalue weighted by Gasteiger charge is 2.27. The average Bonchev–Trinajstić information content (AvgIpc) is 3.08. The van der Waals surface area contributed by atoms with Crippen LogP contribution in [0.1, 0.15) is 18.4 Å². The summed E-state index contributed by atoms with van der Waals surface area (Å²) >= 11 is 0. The molecule has 0 atom stereocenters. The molecule has 21 heavy (non-hydrogen) atoms.